The molecular weight excluding hydrogens is 232 g/mol. The molecule has 5 nitrogen and oxygen atoms in total. The summed E-state index contributed by atoms with van der Waals surface area (Å²) in [6, 6.07) is 6.99. The van der Waals surface area contributed by atoms with Gasteiger partial charge in [-0.15, -0.1) is 0 Å². The van der Waals surface area contributed by atoms with E-state index in [4.69, 9.17) is 5.11 Å². The first-order valence-corrected chi connectivity index (χ1v) is 5.93. The monoisotopic (exact) mass is 248 g/mol. The van der Waals surface area contributed by atoms with Crippen molar-refractivity contribution in [2.75, 3.05) is 26.2 Å². The van der Waals surface area contributed by atoms with Crippen LogP contribution in [-0.4, -0.2) is 53.5 Å². The first kappa shape index (κ1) is 12.6. The molecule has 96 valence electrons. The maximum atomic E-state index is 10.9. The lowest BCUT2D eigenvalue weighted by molar-refractivity contribution is -0.119. The van der Waals surface area contributed by atoms with Crippen LogP contribution in [0.1, 0.15) is 15.9 Å². The maximum Gasteiger partial charge on any atom is 0.335 e. The minimum atomic E-state index is -0.900. The summed E-state index contributed by atoms with van der Waals surface area (Å²) in [7, 11) is 0. The molecule has 1 amide bonds. The molecule has 2 rings (SSSR count). The predicted octanol–water partition coefficient (Wildman–Crippen LogP) is 0.659. The number of aromatic carboxylic acids is 1. The number of carbonyl (C=O) groups excluding carboxylic acids is 1. The number of carbonyl (C=O) groups is 2. The van der Waals surface area contributed by atoms with Crippen molar-refractivity contribution in [3.05, 3.63) is 35.4 Å². The molecule has 1 aliphatic heterocycles. The minimum Gasteiger partial charge on any atom is -0.478 e. The molecule has 0 aliphatic carbocycles. The van der Waals surface area contributed by atoms with Gasteiger partial charge in [0.1, 0.15) is 0 Å². The summed E-state index contributed by atoms with van der Waals surface area (Å²) in [6.45, 7) is 3.87. The smallest absolute Gasteiger partial charge is 0.335 e. The van der Waals surface area contributed by atoms with Gasteiger partial charge in [0.2, 0.25) is 6.41 Å². The van der Waals surface area contributed by atoms with Crippen LogP contribution in [0.5, 0.6) is 0 Å². The first-order valence-electron chi connectivity index (χ1n) is 5.93. The molecule has 1 heterocycles. The molecule has 0 saturated carbocycles. The van der Waals surface area contributed by atoms with Crippen LogP contribution in [0.25, 0.3) is 0 Å². The minimum absolute atomic E-state index is 0.319. The van der Waals surface area contributed by atoms with Gasteiger partial charge in [-0.05, 0) is 17.7 Å². The van der Waals surface area contributed by atoms with E-state index in [2.05, 4.69) is 4.90 Å². The van der Waals surface area contributed by atoms with E-state index in [1.54, 1.807) is 23.1 Å². The number of carboxylic acids is 1. The summed E-state index contributed by atoms with van der Waals surface area (Å²) in [6.07, 6.45) is 0.877. The highest BCUT2D eigenvalue weighted by Crippen LogP contribution is 2.10. The lowest BCUT2D eigenvalue weighted by atomic mass is 10.1. The van der Waals surface area contributed by atoms with Crippen molar-refractivity contribution in [1.82, 2.24) is 9.80 Å². The van der Waals surface area contributed by atoms with Crippen molar-refractivity contribution in [2.24, 2.45) is 0 Å². The molecule has 0 atom stereocenters. The van der Waals surface area contributed by atoms with E-state index in [9.17, 15) is 9.59 Å². The molecule has 1 aromatic rings. The molecule has 0 aromatic heterocycles. The summed E-state index contributed by atoms with van der Waals surface area (Å²) in [5.41, 5.74) is 1.31. The second kappa shape index (κ2) is 5.64. The third-order valence-electron chi connectivity index (χ3n) is 3.14. The van der Waals surface area contributed by atoms with Crippen LogP contribution in [-0.2, 0) is 11.3 Å². The third-order valence-corrected chi connectivity index (χ3v) is 3.14. The summed E-state index contributed by atoms with van der Waals surface area (Å²) in [5, 5.41) is 8.92. The SMILES string of the molecule is O=CN1CCN(Cc2cccc(C(=O)O)c2)CC1. The van der Waals surface area contributed by atoms with Crippen LogP contribution in [0.15, 0.2) is 24.3 Å². The Hall–Kier alpha value is -1.88. The molecule has 1 aromatic carbocycles. The number of hydrogen-bond donors (Lipinski definition) is 1. The molecule has 1 N–H and O–H groups in total. The van der Waals surface area contributed by atoms with Gasteiger partial charge in [-0.2, -0.15) is 0 Å². The molecular formula is C13H16N2O3. The highest BCUT2D eigenvalue weighted by molar-refractivity contribution is 5.87. The molecule has 1 fully saturated rings. The fraction of sp³-hybridized carbons (Fsp3) is 0.385. The first-order chi connectivity index (χ1) is 8.69. The van der Waals surface area contributed by atoms with Crippen molar-refractivity contribution in [3.63, 3.8) is 0 Å². The van der Waals surface area contributed by atoms with Gasteiger partial charge in [0.05, 0.1) is 5.56 Å². The maximum absolute atomic E-state index is 10.9. The number of rotatable bonds is 4. The number of nitrogens with zero attached hydrogens (tertiary/aromatic N) is 2. The highest BCUT2D eigenvalue weighted by Gasteiger charge is 2.15. The molecule has 0 bridgehead atoms. The van der Waals surface area contributed by atoms with Crippen molar-refractivity contribution < 1.29 is 14.7 Å². The Bertz CT molecular complexity index is 440. The number of piperazine rings is 1. The van der Waals surface area contributed by atoms with Gasteiger partial charge in [0, 0.05) is 32.7 Å². The van der Waals surface area contributed by atoms with Crippen LogP contribution in [0.3, 0.4) is 0 Å². The molecule has 1 aliphatic rings. The van der Waals surface area contributed by atoms with Crippen molar-refractivity contribution in [1.29, 1.82) is 0 Å². The largest absolute Gasteiger partial charge is 0.478 e. The Kier molecular flexibility index (Phi) is 3.94. The van der Waals surface area contributed by atoms with Gasteiger partial charge < -0.3 is 10.0 Å². The van der Waals surface area contributed by atoms with Gasteiger partial charge in [0.25, 0.3) is 0 Å². The van der Waals surface area contributed by atoms with E-state index in [0.29, 0.717) is 5.56 Å². The lowest BCUT2D eigenvalue weighted by Gasteiger charge is -2.32. The van der Waals surface area contributed by atoms with Crippen LogP contribution < -0.4 is 0 Å². The Labute approximate surface area is 106 Å². The summed E-state index contributed by atoms with van der Waals surface area (Å²) < 4.78 is 0. The predicted molar refractivity (Wildman–Crippen MR) is 66.3 cm³/mol. The fourth-order valence-electron chi connectivity index (χ4n) is 2.09. The highest BCUT2D eigenvalue weighted by atomic mass is 16.4. The molecule has 0 radical (unpaired) electrons. The molecule has 1 saturated heterocycles. The number of carboxylic acid groups (broad SMARTS) is 1. The molecule has 18 heavy (non-hydrogen) atoms. The van der Waals surface area contributed by atoms with E-state index in [0.717, 1.165) is 44.7 Å². The molecule has 0 spiro atoms. The normalized spacial score (nSPS) is 16.6. The van der Waals surface area contributed by atoms with E-state index in [-0.39, 0.29) is 0 Å². The summed E-state index contributed by atoms with van der Waals surface area (Å²) in [5.74, 6) is -0.900. The van der Waals surface area contributed by atoms with Crippen molar-refractivity contribution in [2.45, 2.75) is 6.54 Å². The molecule has 5 heteroatoms. The van der Waals surface area contributed by atoms with Crippen LogP contribution in [0.4, 0.5) is 0 Å². The van der Waals surface area contributed by atoms with E-state index < -0.39 is 5.97 Å². The van der Waals surface area contributed by atoms with E-state index in [1.807, 2.05) is 6.07 Å². The van der Waals surface area contributed by atoms with Gasteiger partial charge in [-0.1, -0.05) is 12.1 Å². The number of amides is 1. The Morgan fingerprint density at radius 2 is 2.00 bits per heavy atom. The van der Waals surface area contributed by atoms with E-state index in [1.165, 1.54) is 0 Å². The second-order valence-corrected chi connectivity index (χ2v) is 4.42. The Morgan fingerprint density at radius 1 is 1.28 bits per heavy atom. The zero-order valence-electron chi connectivity index (χ0n) is 10.1. The van der Waals surface area contributed by atoms with Gasteiger partial charge >= 0.3 is 5.97 Å². The summed E-state index contributed by atoms with van der Waals surface area (Å²) in [4.78, 5) is 25.4. The zero-order valence-corrected chi connectivity index (χ0v) is 10.1. The van der Waals surface area contributed by atoms with Gasteiger partial charge in [-0.25, -0.2) is 4.79 Å². The summed E-state index contributed by atoms with van der Waals surface area (Å²) >= 11 is 0. The van der Waals surface area contributed by atoms with Crippen LogP contribution >= 0.6 is 0 Å². The zero-order chi connectivity index (χ0) is 13.0. The second-order valence-electron chi connectivity index (χ2n) is 4.42. The van der Waals surface area contributed by atoms with Crippen molar-refractivity contribution >= 4 is 12.4 Å². The topological polar surface area (TPSA) is 60.9 Å². The molecule has 0 unspecified atom stereocenters. The van der Waals surface area contributed by atoms with Crippen LogP contribution in [0, 0.1) is 0 Å². The van der Waals surface area contributed by atoms with Crippen LogP contribution in [0.2, 0.25) is 0 Å². The number of hydrogen-bond acceptors (Lipinski definition) is 3. The lowest BCUT2D eigenvalue weighted by Crippen LogP contribution is -2.45. The third kappa shape index (κ3) is 3.07. The Morgan fingerprint density at radius 3 is 2.61 bits per heavy atom. The standard InChI is InChI=1S/C13H16N2O3/c16-10-15-6-4-14(5-7-15)9-11-2-1-3-12(8-11)13(17)18/h1-3,8,10H,4-7,9H2,(H,17,18). The fourth-order valence-corrected chi connectivity index (χ4v) is 2.09. The average molecular weight is 248 g/mol. The Balaban J connectivity index is 1.95. The average Bonchev–Trinajstić information content (AvgIpc) is 2.40. The number of benzene rings is 1. The van der Waals surface area contributed by atoms with E-state index >= 15 is 0 Å². The quantitative estimate of drug-likeness (QED) is 0.795. The van der Waals surface area contributed by atoms with Gasteiger partial charge in [-0.3, -0.25) is 9.69 Å². The van der Waals surface area contributed by atoms with Crippen molar-refractivity contribution in [3.8, 4) is 0 Å². The van der Waals surface area contributed by atoms with Gasteiger partial charge in [0.15, 0.2) is 0 Å².